The Morgan fingerprint density at radius 2 is 1.48 bits per heavy atom. The standard InChI is InChI=1S/C22H40N2O3/c1-16(2)21(4,5)19(25)24-12-13-27-18(15-24)14-17(3)22(6,7)20(26)23-10-8-9-11-23/h16-18H,8-15H2,1-7H3. The molecule has 0 aromatic heterocycles. The van der Waals surface area contributed by atoms with Gasteiger partial charge in [0, 0.05) is 37.0 Å². The van der Waals surface area contributed by atoms with Crippen molar-refractivity contribution in [1.29, 1.82) is 0 Å². The van der Waals surface area contributed by atoms with Gasteiger partial charge >= 0.3 is 0 Å². The fraction of sp³-hybridized carbons (Fsp3) is 0.909. The van der Waals surface area contributed by atoms with Crippen molar-refractivity contribution in [1.82, 2.24) is 9.80 Å². The molecule has 2 aliphatic heterocycles. The molecule has 0 aromatic rings. The third kappa shape index (κ3) is 4.85. The Bertz CT molecular complexity index is 536. The number of hydrogen-bond acceptors (Lipinski definition) is 3. The van der Waals surface area contributed by atoms with Crippen LogP contribution < -0.4 is 0 Å². The van der Waals surface area contributed by atoms with Gasteiger partial charge in [0.25, 0.3) is 0 Å². The number of hydrogen-bond donors (Lipinski definition) is 0. The maximum Gasteiger partial charge on any atom is 0.228 e. The van der Waals surface area contributed by atoms with Crippen molar-refractivity contribution in [3.05, 3.63) is 0 Å². The Morgan fingerprint density at radius 1 is 0.926 bits per heavy atom. The van der Waals surface area contributed by atoms with Gasteiger partial charge in [0.15, 0.2) is 0 Å². The van der Waals surface area contributed by atoms with Crippen LogP contribution in [0.1, 0.15) is 67.7 Å². The van der Waals surface area contributed by atoms with Crippen molar-refractivity contribution >= 4 is 11.8 Å². The largest absolute Gasteiger partial charge is 0.375 e. The van der Waals surface area contributed by atoms with Crippen molar-refractivity contribution in [2.75, 3.05) is 32.8 Å². The van der Waals surface area contributed by atoms with E-state index in [1.807, 2.05) is 23.6 Å². The lowest BCUT2D eigenvalue weighted by atomic mass is 9.75. The summed E-state index contributed by atoms with van der Waals surface area (Å²) < 4.78 is 5.98. The molecule has 0 spiro atoms. The second kappa shape index (κ2) is 8.50. The molecule has 0 radical (unpaired) electrons. The van der Waals surface area contributed by atoms with Gasteiger partial charge in [0.1, 0.15) is 0 Å². The van der Waals surface area contributed by atoms with Crippen LogP contribution in [0.2, 0.25) is 0 Å². The van der Waals surface area contributed by atoms with Crippen LogP contribution in [0.4, 0.5) is 0 Å². The summed E-state index contributed by atoms with van der Waals surface area (Å²) in [5.74, 6) is 0.967. The molecule has 2 rings (SSSR count). The van der Waals surface area contributed by atoms with Crippen molar-refractivity contribution < 1.29 is 14.3 Å². The van der Waals surface area contributed by atoms with Gasteiger partial charge < -0.3 is 14.5 Å². The number of likely N-dealkylation sites (tertiary alicyclic amines) is 1. The molecule has 0 aliphatic carbocycles. The molecule has 2 saturated heterocycles. The summed E-state index contributed by atoms with van der Waals surface area (Å²) in [6.45, 7) is 18.2. The highest BCUT2D eigenvalue weighted by Gasteiger charge is 2.41. The van der Waals surface area contributed by atoms with Crippen molar-refractivity contribution in [3.63, 3.8) is 0 Å². The monoisotopic (exact) mass is 380 g/mol. The zero-order chi connectivity index (χ0) is 20.4. The molecule has 0 saturated carbocycles. The van der Waals surface area contributed by atoms with Crippen molar-refractivity contribution in [2.24, 2.45) is 22.7 Å². The fourth-order valence-electron chi connectivity index (χ4n) is 3.93. The molecule has 0 bridgehead atoms. The third-order valence-electron chi connectivity index (χ3n) is 7.21. The average Bonchev–Trinajstić information content (AvgIpc) is 3.14. The zero-order valence-corrected chi connectivity index (χ0v) is 18.5. The molecule has 27 heavy (non-hydrogen) atoms. The second-order valence-corrected chi connectivity index (χ2v) is 9.98. The van der Waals surface area contributed by atoms with E-state index in [0.29, 0.717) is 25.6 Å². The first-order valence-electron chi connectivity index (χ1n) is 10.7. The SMILES string of the molecule is CC(C)C(C)(C)C(=O)N1CCOC(CC(C)C(C)(C)C(=O)N2CCCC2)C1. The highest BCUT2D eigenvalue weighted by Crippen LogP contribution is 2.35. The molecule has 2 unspecified atom stereocenters. The van der Waals surface area contributed by atoms with Crippen LogP contribution in [-0.2, 0) is 14.3 Å². The Balaban J connectivity index is 1.98. The summed E-state index contributed by atoms with van der Waals surface area (Å²) in [5, 5.41) is 0. The number of carbonyl (C=O) groups excluding carboxylic acids is 2. The van der Waals surface area contributed by atoms with Crippen LogP contribution in [0.5, 0.6) is 0 Å². The van der Waals surface area contributed by atoms with Gasteiger partial charge in [-0.1, -0.05) is 48.5 Å². The highest BCUT2D eigenvalue weighted by atomic mass is 16.5. The Hall–Kier alpha value is -1.10. The van der Waals surface area contributed by atoms with Gasteiger partial charge in [-0.05, 0) is 31.1 Å². The Kier molecular flexibility index (Phi) is 6.99. The summed E-state index contributed by atoms with van der Waals surface area (Å²) >= 11 is 0. The average molecular weight is 381 g/mol. The molecule has 2 amide bonds. The third-order valence-corrected chi connectivity index (χ3v) is 7.21. The number of nitrogens with zero attached hydrogens (tertiary/aromatic N) is 2. The zero-order valence-electron chi connectivity index (χ0n) is 18.5. The van der Waals surface area contributed by atoms with Gasteiger partial charge in [-0.2, -0.15) is 0 Å². The number of amides is 2. The van der Waals surface area contributed by atoms with Crippen LogP contribution in [0.25, 0.3) is 0 Å². The first-order valence-corrected chi connectivity index (χ1v) is 10.7. The van der Waals surface area contributed by atoms with Crippen LogP contribution in [0.3, 0.4) is 0 Å². The van der Waals surface area contributed by atoms with Gasteiger partial charge in [-0.3, -0.25) is 9.59 Å². The topological polar surface area (TPSA) is 49.9 Å². The lowest BCUT2D eigenvalue weighted by Gasteiger charge is -2.41. The van der Waals surface area contributed by atoms with Gasteiger partial charge in [-0.25, -0.2) is 0 Å². The van der Waals surface area contributed by atoms with Crippen LogP contribution in [0, 0.1) is 22.7 Å². The summed E-state index contributed by atoms with van der Waals surface area (Å²) in [6.07, 6.45) is 3.04. The fourth-order valence-corrected chi connectivity index (χ4v) is 3.93. The van der Waals surface area contributed by atoms with E-state index in [-0.39, 0.29) is 29.3 Å². The first-order chi connectivity index (χ1) is 12.5. The summed E-state index contributed by atoms with van der Waals surface area (Å²) in [7, 11) is 0. The molecule has 0 N–H and O–H groups in total. The van der Waals surface area contributed by atoms with Crippen molar-refractivity contribution in [3.8, 4) is 0 Å². The van der Waals surface area contributed by atoms with E-state index in [2.05, 4.69) is 34.6 Å². The van der Waals surface area contributed by atoms with Gasteiger partial charge in [0.2, 0.25) is 11.8 Å². The molecular weight excluding hydrogens is 340 g/mol. The predicted octanol–water partition coefficient (Wildman–Crippen LogP) is 3.57. The smallest absolute Gasteiger partial charge is 0.228 e. The molecule has 5 heteroatoms. The molecule has 0 aromatic carbocycles. The molecular formula is C22H40N2O3. The normalized spacial score (nSPS) is 23.0. The quantitative estimate of drug-likeness (QED) is 0.708. The van der Waals surface area contributed by atoms with E-state index < -0.39 is 5.41 Å². The molecule has 2 heterocycles. The van der Waals surface area contributed by atoms with E-state index >= 15 is 0 Å². The highest BCUT2D eigenvalue weighted by molar-refractivity contribution is 5.83. The molecule has 2 fully saturated rings. The first kappa shape index (κ1) is 22.2. The summed E-state index contributed by atoms with van der Waals surface area (Å²) in [6, 6.07) is 0. The van der Waals surface area contributed by atoms with Crippen LogP contribution >= 0.6 is 0 Å². The Labute approximate surface area is 165 Å². The van der Waals surface area contributed by atoms with E-state index in [9.17, 15) is 9.59 Å². The number of rotatable bonds is 6. The molecule has 156 valence electrons. The number of ether oxygens (including phenoxy) is 1. The Morgan fingerprint density at radius 3 is 2.04 bits per heavy atom. The lowest BCUT2D eigenvalue weighted by Crippen LogP contribution is -2.52. The maximum absolute atomic E-state index is 13.0. The minimum Gasteiger partial charge on any atom is -0.375 e. The van der Waals surface area contributed by atoms with E-state index in [1.54, 1.807) is 0 Å². The second-order valence-electron chi connectivity index (χ2n) is 9.98. The minimum absolute atomic E-state index is 0.00585. The number of morpholine rings is 1. The van der Waals surface area contributed by atoms with Gasteiger partial charge in [0.05, 0.1) is 12.7 Å². The van der Waals surface area contributed by atoms with Gasteiger partial charge in [-0.15, -0.1) is 0 Å². The van der Waals surface area contributed by atoms with E-state index in [0.717, 1.165) is 32.4 Å². The van der Waals surface area contributed by atoms with Crippen LogP contribution in [0.15, 0.2) is 0 Å². The summed E-state index contributed by atoms with van der Waals surface area (Å²) in [5.41, 5.74) is -0.768. The maximum atomic E-state index is 13.0. The molecule has 2 atom stereocenters. The van der Waals surface area contributed by atoms with Crippen LogP contribution in [-0.4, -0.2) is 60.5 Å². The van der Waals surface area contributed by atoms with E-state index in [4.69, 9.17) is 4.74 Å². The minimum atomic E-state index is -0.406. The molecule has 2 aliphatic rings. The predicted molar refractivity (Wildman–Crippen MR) is 108 cm³/mol. The molecule has 5 nitrogen and oxygen atoms in total. The lowest BCUT2D eigenvalue weighted by molar-refractivity contribution is -0.152. The number of carbonyl (C=O) groups is 2. The van der Waals surface area contributed by atoms with Crippen molar-refractivity contribution in [2.45, 2.75) is 73.8 Å². The van der Waals surface area contributed by atoms with E-state index in [1.165, 1.54) is 0 Å². The summed E-state index contributed by atoms with van der Waals surface area (Å²) in [4.78, 5) is 29.9.